The number of hydrogen-bond donors (Lipinski definition) is 4. The maximum atomic E-state index is 9.67. The van der Waals surface area contributed by atoms with Crippen LogP contribution in [0.25, 0.3) is 11.1 Å². The Kier molecular flexibility index (Phi) is 8.88. The first kappa shape index (κ1) is 20.3. The van der Waals surface area contributed by atoms with Gasteiger partial charge in [0.1, 0.15) is 11.5 Å². The molecule has 0 radical (unpaired) electrons. The molecule has 2 aromatic carbocycles. The molecule has 23 heavy (non-hydrogen) atoms. The molecule has 0 aliphatic rings. The summed E-state index contributed by atoms with van der Waals surface area (Å²) in [7, 11) is 0. The average Bonchev–Trinajstić information content (AvgIpc) is 2.42. The second-order valence-electron chi connectivity index (χ2n) is 4.22. The maximum Gasteiger partial charge on any atom is 0.300 e. The molecule has 7 heteroatoms. The molecule has 0 aromatic heterocycles. The molecule has 0 aliphatic carbocycles. The number of phenols is 2. The molecule has 0 bridgehead atoms. The van der Waals surface area contributed by atoms with Crippen LogP contribution in [-0.2, 0) is 9.59 Å². The van der Waals surface area contributed by atoms with Crippen molar-refractivity contribution in [3.05, 3.63) is 47.5 Å². The van der Waals surface area contributed by atoms with Crippen LogP contribution in [0.5, 0.6) is 11.5 Å². The first-order chi connectivity index (χ1) is 10.6. The summed E-state index contributed by atoms with van der Waals surface area (Å²) >= 11 is 5.66. The zero-order valence-electron chi connectivity index (χ0n) is 12.5. The topological polar surface area (TPSA) is 115 Å². The van der Waals surface area contributed by atoms with Crippen molar-refractivity contribution in [2.24, 2.45) is 0 Å². The molecule has 6 nitrogen and oxygen atoms in total. The maximum absolute atomic E-state index is 9.67. The minimum Gasteiger partial charge on any atom is -0.507 e. The molecule has 0 atom stereocenters. The van der Waals surface area contributed by atoms with Gasteiger partial charge in [-0.25, -0.2) is 0 Å². The van der Waals surface area contributed by atoms with Crippen LogP contribution in [0.3, 0.4) is 0 Å². The molecule has 0 amide bonds. The van der Waals surface area contributed by atoms with Crippen LogP contribution in [0.1, 0.15) is 13.8 Å². The lowest BCUT2D eigenvalue weighted by Gasteiger charge is -2.06. The van der Waals surface area contributed by atoms with E-state index in [-0.39, 0.29) is 16.5 Å². The van der Waals surface area contributed by atoms with E-state index < -0.39 is 11.9 Å². The van der Waals surface area contributed by atoms with Gasteiger partial charge in [-0.05, 0) is 11.6 Å². The Bertz CT molecular complexity index is 635. The van der Waals surface area contributed by atoms with Crippen LogP contribution in [0.4, 0.5) is 0 Å². The predicted molar refractivity (Wildman–Crippen MR) is 86.8 cm³/mol. The predicted octanol–water partition coefficient (Wildman–Crippen LogP) is 3.60. The normalized spacial score (nSPS) is 8.83. The van der Waals surface area contributed by atoms with E-state index in [4.69, 9.17) is 31.4 Å². The average molecular weight is 341 g/mol. The lowest BCUT2D eigenvalue weighted by Crippen LogP contribution is -1.79. The van der Waals surface area contributed by atoms with Gasteiger partial charge in [-0.2, -0.15) is 0 Å². The van der Waals surface area contributed by atoms with Gasteiger partial charge in [-0.15, -0.1) is 0 Å². The number of carboxylic acid groups (broad SMARTS) is 2. The van der Waals surface area contributed by atoms with Gasteiger partial charge in [-0.3, -0.25) is 9.59 Å². The zero-order valence-corrected chi connectivity index (χ0v) is 13.3. The number of benzene rings is 2. The van der Waals surface area contributed by atoms with Crippen LogP contribution in [0, 0.1) is 0 Å². The first-order valence-corrected chi connectivity index (χ1v) is 6.69. The van der Waals surface area contributed by atoms with Crippen LogP contribution in [0.2, 0.25) is 5.02 Å². The van der Waals surface area contributed by atoms with E-state index in [1.807, 2.05) is 30.3 Å². The number of halogens is 1. The minimum atomic E-state index is -0.833. The summed E-state index contributed by atoms with van der Waals surface area (Å²) in [5.74, 6) is -1.64. The number of aliphatic carboxylic acids is 2. The van der Waals surface area contributed by atoms with Crippen molar-refractivity contribution in [1.82, 2.24) is 0 Å². The lowest BCUT2D eigenvalue weighted by atomic mass is 10.0. The molecule has 0 saturated carbocycles. The Balaban J connectivity index is 0.000000509. The smallest absolute Gasteiger partial charge is 0.300 e. The van der Waals surface area contributed by atoms with Gasteiger partial charge in [0.05, 0.1) is 5.02 Å². The Labute approximate surface area is 138 Å². The van der Waals surface area contributed by atoms with Crippen molar-refractivity contribution in [3.8, 4) is 22.6 Å². The second-order valence-corrected chi connectivity index (χ2v) is 4.63. The summed E-state index contributed by atoms with van der Waals surface area (Å²) in [6, 6.07) is 12.1. The van der Waals surface area contributed by atoms with E-state index in [1.165, 1.54) is 12.1 Å². The standard InChI is InChI=1S/C12H9ClO2.2C2H4O2/c13-10-7-11(14)9(6-12(10)15)8-4-2-1-3-5-8;2*1-2(3)4/h1-7,14-15H;2*1H3,(H,3,4). The fraction of sp³-hybridized carbons (Fsp3) is 0.125. The van der Waals surface area contributed by atoms with Crippen molar-refractivity contribution in [2.45, 2.75) is 13.8 Å². The molecule has 2 aromatic rings. The van der Waals surface area contributed by atoms with Crippen LogP contribution < -0.4 is 0 Å². The van der Waals surface area contributed by atoms with E-state index in [1.54, 1.807) is 0 Å². The fourth-order valence-corrected chi connectivity index (χ4v) is 1.56. The van der Waals surface area contributed by atoms with E-state index in [9.17, 15) is 10.2 Å². The third-order valence-corrected chi connectivity index (χ3v) is 2.45. The zero-order chi connectivity index (χ0) is 18.0. The second kappa shape index (κ2) is 10.1. The molecule has 0 aliphatic heterocycles. The van der Waals surface area contributed by atoms with Gasteiger partial charge in [0.2, 0.25) is 0 Å². The van der Waals surface area contributed by atoms with Gasteiger partial charge < -0.3 is 20.4 Å². The quantitative estimate of drug-likeness (QED) is 0.589. The summed E-state index contributed by atoms with van der Waals surface area (Å²) in [6.45, 7) is 2.17. The van der Waals surface area contributed by atoms with Crippen molar-refractivity contribution in [1.29, 1.82) is 0 Å². The van der Waals surface area contributed by atoms with Gasteiger partial charge >= 0.3 is 0 Å². The summed E-state index contributed by atoms with van der Waals surface area (Å²) in [6.07, 6.45) is 0. The number of aromatic hydroxyl groups is 2. The molecule has 4 N–H and O–H groups in total. The van der Waals surface area contributed by atoms with Gasteiger partial charge in [0.15, 0.2) is 0 Å². The monoisotopic (exact) mass is 340 g/mol. The number of hydrogen-bond acceptors (Lipinski definition) is 4. The van der Waals surface area contributed by atoms with Gasteiger partial charge in [0, 0.05) is 25.5 Å². The van der Waals surface area contributed by atoms with E-state index >= 15 is 0 Å². The highest BCUT2D eigenvalue weighted by Crippen LogP contribution is 2.36. The van der Waals surface area contributed by atoms with Crippen LogP contribution in [0.15, 0.2) is 42.5 Å². The number of rotatable bonds is 1. The molecule has 2 rings (SSSR count). The summed E-state index contributed by atoms with van der Waals surface area (Å²) in [4.78, 5) is 18.0. The first-order valence-electron chi connectivity index (χ1n) is 6.31. The van der Waals surface area contributed by atoms with Crippen molar-refractivity contribution < 1.29 is 30.0 Å². The Morgan fingerprint density at radius 3 is 1.74 bits per heavy atom. The molecule has 0 heterocycles. The highest BCUT2D eigenvalue weighted by molar-refractivity contribution is 6.32. The van der Waals surface area contributed by atoms with Gasteiger partial charge in [-0.1, -0.05) is 41.9 Å². The SMILES string of the molecule is CC(=O)O.CC(=O)O.Oc1cc(-c2ccccc2)c(O)cc1Cl. The third-order valence-electron chi connectivity index (χ3n) is 2.15. The van der Waals surface area contributed by atoms with E-state index in [0.717, 1.165) is 19.4 Å². The number of phenolic OH excluding ortho intramolecular Hbond substituents is 2. The summed E-state index contributed by atoms with van der Waals surface area (Å²) < 4.78 is 0. The number of carboxylic acids is 2. The molecular formula is C16H17ClO6. The van der Waals surface area contributed by atoms with E-state index in [2.05, 4.69) is 0 Å². The molecule has 124 valence electrons. The molecule has 0 fully saturated rings. The van der Waals surface area contributed by atoms with Crippen molar-refractivity contribution in [3.63, 3.8) is 0 Å². The lowest BCUT2D eigenvalue weighted by molar-refractivity contribution is -0.135. The van der Waals surface area contributed by atoms with Crippen LogP contribution >= 0.6 is 11.6 Å². The minimum absolute atomic E-state index is 0.0340. The highest BCUT2D eigenvalue weighted by atomic mass is 35.5. The Morgan fingerprint density at radius 1 is 0.870 bits per heavy atom. The molecule has 0 spiro atoms. The molecule has 0 saturated heterocycles. The largest absolute Gasteiger partial charge is 0.507 e. The Hall–Kier alpha value is -2.73. The highest BCUT2D eigenvalue weighted by Gasteiger charge is 2.08. The fourth-order valence-electron chi connectivity index (χ4n) is 1.40. The summed E-state index contributed by atoms with van der Waals surface area (Å²) in [5, 5.41) is 34.1. The Morgan fingerprint density at radius 2 is 1.30 bits per heavy atom. The number of carbonyl (C=O) groups is 2. The molecular weight excluding hydrogens is 324 g/mol. The van der Waals surface area contributed by atoms with Crippen molar-refractivity contribution in [2.75, 3.05) is 0 Å². The van der Waals surface area contributed by atoms with Crippen molar-refractivity contribution >= 4 is 23.5 Å². The summed E-state index contributed by atoms with van der Waals surface area (Å²) in [5.41, 5.74) is 1.40. The third kappa shape index (κ3) is 9.00. The van der Waals surface area contributed by atoms with Crippen LogP contribution in [-0.4, -0.2) is 32.4 Å². The van der Waals surface area contributed by atoms with Gasteiger partial charge in [0.25, 0.3) is 11.9 Å². The van der Waals surface area contributed by atoms with E-state index in [0.29, 0.717) is 5.56 Å². The molecule has 0 unspecified atom stereocenters.